The van der Waals surface area contributed by atoms with Crippen LogP contribution in [0.1, 0.15) is 0 Å². The normalized spacial score (nSPS) is 10.5. The van der Waals surface area contributed by atoms with Gasteiger partial charge in [0.25, 0.3) is 0 Å². The molecule has 5 heteroatoms. The van der Waals surface area contributed by atoms with Gasteiger partial charge in [0.05, 0.1) is 6.20 Å². The van der Waals surface area contributed by atoms with Crippen LogP contribution in [0.25, 0.3) is 11.3 Å². The standard InChI is InChI=1S/C9H7F2N3/c1-14-5-9(12-13-14)7-3-2-6(10)4-8(7)11/h2-5H,1H3. The molecule has 2 aromatic rings. The highest BCUT2D eigenvalue weighted by Crippen LogP contribution is 2.20. The second-order valence-electron chi connectivity index (χ2n) is 2.90. The van der Waals surface area contributed by atoms with Crippen LogP contribution in [0, 0.1) is 11.6 Å². The molecule has 0 radical (unpaired) electrons. The van der Waals surface area contributed by atoms with Gasteiger partial charge in [-0.05, 0) is 12.1 Å². The minimum atomic E-state index is -0.634. The van der Waals surface area contributed by atoms with Crippen molar-refractivity contribution in [2.24, 2.45) is 7.05 Å². The maximum atomic E-state index is 13.2. The van der Waals surface area contributed by atoms with Crippen LogP contribution in [-0.4, -0.2) is 15.0 Å². The molecule has 0 amide bonds. The van der Waals surface area contributed by atoms with Gasteiger partial charge in [0.2, 0.25) is 0 Å². The molecular formula is C9H7F2N3. The summed E-state index contributed by atoms with van der Waals surface area (Å²) in [5.74, 6) is -1.24. The highest BCUT2D eigenvalue weighted by molar-refractivity contribution is 5.58. The lowest BCUT2D eigenvalue weighted by molar-refractivity contribution is 0.585. The summed E-state index contributed by atoms with van der Waals surface area (Å²) in [6.45, 7) is 0. The quantitative estimate of drug-likeness (QED) is 0.694. The molecule has 1 aromatic carbocycles. The minimum absolute atomic E-state index is 0.250. The number of rotatable bonds is 1. The Morgan fingerprint density at radius 2 is 2.07 bits per heavy atom. The third kappa shape index (κ3) is 1.48. The Morgan fingerprint density at radius 3 is 2.64 bits per heavy atom. The highest BCUT2D eigenvalue weighted by Gasteiger charge is 2.08. The van der Waals surface area contributed by atoms with E-state index in [2.05, 4.69) is 10.3 Å². The first-order valence-corrected chi connectivity index (χ1v) is 3.98. The molecule has 0 aliphatic rings. The highest BCUT2D eigenvalue weighted by atomic mass is 19.1. The molecule has 0 aliphatic carbocycles. The number of aryl methyl sites for hydroxylation is 1. The van der Waals surface area contributed by atoms with E-state index in [4.69, 9.17) is 0 Å². The van der Waals surface area contributed by atoms with E-state index >= 15 is 0 Å². The number of hydrogen-bond donors (Lipinski definition) is 0. The summed E-state index contributed by atoms with van der Waals surface area (Å²) in [6, 6.07) is 3.35. The summed E-state index contributed by atoms with van der Waals surface area (Å²) in [4.78, 5) is 0. The van der Waals surface area contributed by atoms with Gasteiger partial charge >= 0.3 is 0 Å². The molecule has 0 saturated heterocycles. The van der Waals surface area contributed by atoms with Crippen molar-refractivity contribution in [1.29, 1.82) is 0 Å². The summed E-state index contributed by atoms with van der Waals surface area (Å²) in [5.41, 5.74) is 0.643. The molecule has 14 heavy (non-hydrogen) atoms. The zero-order chi connectivity index (χ0) is 10.1. The molecule has 0 atom stereocenters. The van der Waals surface area contributed by atoms with Crippen LogP contribution < -0.4 is 0 Å². The molecule has 0 aliphatic heterocycles. The fraction of sp³-hybridized carbons (Fsp3) is 0.111. The van der Waals surface area contributed by atoms with Crippen molar-refractivity contribution in [1.82, 2.24) is 15.0 Å². The van der Waals surface area contributed by atoms with E-state index in [0.29, 0.717) is 5.69 Å². The van der Waals surface area contributed by atoms with E-state index in [1.54, 1.807) is 13.2 Å². The average Bonchev–Trinajstić information content (AvgIpc) is 2.51. The zero-order valence-corrected chi connectivity index (χ0v) is 7.41. The summed E-state index contributed by atoms with van der Waals surface area (Å²) >= 11 is 0. The Balaban J connectivity index is 2.52. The lowest BCUT2D eigenvalue weighted by atomic mass is 10.1. The molecule has 3 nitrogen and oxygen atoms in total. The lowest BCUT2D eigenvalue weighted by Crippen LogP contribution is -1.86. The lowest BCUT2D eigenvalue weighted by Gasteiger charge is -1.97. The Kier molecular flexibility index (Phi) is 1.99. The molecular weight excluding hydrogens is 188 g/mol. The maximum Gasteiger partial charge on any atom is 0.135 e. The maximum absolute atomic E-state index is 13.2. The first kappa shape index (κ1) is 8.80. The van der Waals surface area contributed by atoms with Gasteiger partial charge in [-0.25, -0.2) is 8.78 Å². The molecule has 0 spiro atoms. The van der Waals surface area contributed by atoms with Gasteiger partial charge in [-0.15, -0.1) is 5.10 Å². The first-order chi connectivity index (χ1) is 6.66. The van der Waals surface area contributed by atoms with Crippen molar-refractivity contribution in [3.63, 3.8) is 0 Å². The van der Waals surface area contributed by atoms with Gasteiger partial charge in [0, 0.05) is 18.7 Å². The molecule has 72 valence electrons. The summed E-state index contributed by atoms with van der Waals surface area (Å²) < 4.78 is 27.3. The molecule has 0 bridgehead atoms. The van der Waals surface area contributed by atoms with Gasteiger partial charge < -0.3 is 0 Å². The predicted octanol–water partition coefficient (Wildman–Crippen LogP) is 1.76. The third-order valence-corrected chi connectivity index (χ3v) is 1.81. The summed E-state index contributed by atoms with van der Waals surface area (Å²) in [6.07, 6.45) is 1.57. The van der Waals surface area contributed by atoms with E-state index in [0.717, 1.165) is 6.07 Å². The monoisotopic (exact) mass is 195 g/mol. The fourth-order valence-corrected chi connectivity index (χ4v) is 1.17. The van der Waals surface area contributed by atoms with Crippen molar-refractivity contribution in [3.05, 3.63) is 36.0 Å². The molecule has 0 fully saturated rings. The van der Waals surface area contributed by atoms with Gasteiger partial charge in [0.1, 0.15) is 17.3 Å². The topological polar surface area (TPSA) is 30.7 Å². The van der Waals surface area contributed by atoms with Gasteiger partial charge in [-0.3, -0.25) is 4.68 Å². The van der Waals surface area contributed by atoms with Crippen molar-refractivity contribution in [3.8, 4) is 11.3 Å². The molecule has 0 unspecified atom stereocenters. The molecule has 1 aromatic heterocycles. The van der Waals surface area contributed by atoms with Crippen LogP contribution in [0.4, 0.5) is 8.78 Å². The SMILES string of the molecule is Cn1cc(-c2ccc(F)cc2F)nn1. The summed E-state index contributed by atoms with van der Waals surface area (Å²) in [5, 5.41) is 7.39. The molecule has 2 rings (SSSR count). The second-order valence-corrected chi connectivity index (χ2v) is 2.90. The molecule has 0 saturated carbocycles. The van der Waals surface area contributed by atoms with Crippen LogP contribution in [0.2, 0.25) is 0 Å². The van der Waals surface area contributed by atoms with Crippen LogP contribution in [-0.2, 0) is 7.05 Å². The van der Waals surface area contributed by atoms with Crippen molar-refractivity contribution < 1.29 is 8.78 Å². The Hall–Kier alpha value is -1.78. The third-order valence-electron chi connectivity index (χ3n) is 1.81. The number of benzene rings is 1. The first-order valence-electron chi connectivity index (χ1n) is 3.98. The van der Waals surface area contributed by atoms with E-state index in [9.17, 15) is 8.78 Å². The van der Waals surface area contributed by atoms with Crippen LogP contribution in [0.3, 0.4) is 0 Å². The van der Waals surface area contributed by atoms with Gasteiger partial charge in [0.15, 0.2) is 0 Å². The Labute approximate surface area is 79.0 Å². The minimum Gasteiger partial charge on any atom is -0.255 e. The number of halogens is 2. The second kappa shape index (κ2) is 3.17. The van der Waals surface area contributed by atoms with E-state index in [-0.39, 0.29) is 5.56 Å². The zero-order valence-electron chi connectivity index (χ0n) is 7.41. The fourth-order valence-electron chi connectivity index (χ4n) is 1.17. The largest absolute Gasteiger partial charge is 0.255 e. The number of hydrogen-bond acceptors (Lipinski definition) is 2. The van der Waals surface area contributed by atoms with E-state index in [1.165, 1.54) is 16.8 Å². The Morgan fingerprint density at radius 1 is 1.29 bits per heavy atom. The average molecular weight is 195 g/mol. The van der Waals surface area contributed by atoms with Crippen LogP contribution in [0.15, 0.2) is 24.4 Å². The van der Waals surface area contributed by atoms with E-state index < -0.39 is 11.6 Å². The predicted molar refractivity (Wildman–Crippen MR) is 46.4 cm³/mol. The van der Waals surface area contributed by atoms with Crippen molar-refractivity contribution in [2.75, 3.05) is 0 Å². The van der Waals surface area contributed by atoms with Crippen molar-refractivity contribution in [2.45, 2.75) is 0 Å². The number of aromatic nitrogens is 3. The molecule has 1 heterocycles. The van der Waals surface area contributed by atoms with Crippen LogP contribution >= 0.6 is 0 Å². The Bertz CT molecular complexity index is 465. The smallest absolute Gasteiger partial charge is 0.135 e. The van der Waals surface area contributed by atoms with Gasteiger partial charge in [-0.1, -0.05) is 5.21 Å². The van der Waals surface area contributed by atoms with Crippen LogP contribution in [0.5, 0.6) is 0 Å². The summed E-state index contributed by atoms with van der Waals surface area (Å²) in [7, 11) is 1.68. The number of nitrogens with zero attached hydrogens (tertiary/aromatic N) is 3. The van der Waals surface area contributed by atoms with Gasteiger partial charge in [-0.2, -0.15) is 0 Å². The van der Waals surface area contributed by atoms with E-state index in [1.807, 2.05) is 0 Å². The molecule has 0 N–H and O–H groups in total. The van der Waals surface area contributed by atoms with Crippen molar-refractivity contribution >= 4 is 0 Å².